The van der Waals surface area contributed by atoms with Gasteiger partial charge in [-0.25, -0.2) is 0 Å². The Morgan fingerprint density at radius 1 is 0.920 bits per heavy atom. The molecule has 1 aromatic heterocycles. The highest BCUT2D eigenvalue weighted by molar-refractivity contribution is 6.14. The van der Waals surface area contributed by atoms with Crippen LogP contribution in [0.15, 0.2) is 24.3 Å². The Balaban J connectivity index is 2.21. The van der Waals surface area contributed by atoms with E-state index >= 15 is 0 Å². The molecular formula is C19H24N2O4. The largest absolute Gasteiger partial charge is 0.496 e. The molecule has 3 rings (SSSR count). The van der Waals surface area contributed by atoms with Gasteiger partial charge in [-0.05, 0) is 20.2 Å². The standard InChI is InChI=1S/C19H24N2O4/c1-21(2)9-10-25-13-8-6-7-12-16-14(22-3)11-15(23-4)19(24-5)18(16)20-17(12)13/h6-8,11,20H,9-10H2,1-5H3. The second-order valence-electron chi connectivity index (χ2n) is 6.02. The van der Waals surface area contributed by atoms with Gasteiger partial charge in [-0.3, -0.25) is 0 Å². The van der Waals surface area contributed by atoms with Crippen LogP contribution < -0.4 is 18.9 Å². The molecule has 0 unspecified atom stereocenters. The Kier molecular flexibility index (Phi) is 4.90. The number of rotatable bonds is 7. The third-order valence-electron chi connectivity index (χ3n) is 4.20. The monoisotopic (exact) mass is 344 g/mol. The molecule has 0 radical (unpaired) electrons. The molecule has 0 aliphatic rings. The number of nitrogens with one attached hydrogen (secondary N) is 1. The van der Waals surface area contributed by atoms with Crippen molar-refractivity contribution in [1.82, 2.24) is 9.88 Å². The fraction of sp³-hybridized carbons (Fsp3) is 0.368. The molecule has 0 amide bonds. The summed E-state index contributed by atoms with van der Waals surface area (Å²) < 4.78 is 22.6. The summed E-state index contributed by atoms with van der Waals surface area (Å²) >= 11 is 0. The summed E-state index contributed by atoms with van der Waals surface area (Å²) in [5, 5.41) is 1.98. The molecule has 0 aliphatic heterocycles. The maximum absolute atomic E-state index is 5.98. The van der Waals surface area contributed by atoms with Crippen LogP contribution in [0.25, 0.3) is 21.8 Å². The number of para-hydroxylation sites is 1. The van der Waals surface area contributed by atoms with Gasteiger partial charge in [-0.2, -0.15) is 0 Å². The zero-order valence-corrected chi connectivity index (χ0v) is 15.3. The van der Waals surface area contributed by atoms with Gasteiger partial charge in [-0.1, -0.05) is 12.1 Å². The molecule has 6 heteroatoms. The molecule has 1 N–H and O–H groups in total. The van der Waals surface area contributed by atoms with E-state index in [1.807, 2.05) is 38.4 Å². The van der Waals surface area contributed by atoms with E-state index in [9.17, 15) is 0 Å². The minimum Gasteiger partial charge on any atom is -0.496 e. The predicted molar refractivity (Wildman–Crippen MR) is 99.5 cm³/mol. The van der Waals surface area contributed by atoms with Crippen molar-refractivity contribution in [3.63, 3.8) is 0 Å². The van der Waals surface area contributed by atoms with Crippen molar-refractivity contribution >= 4 is 21.8 Å². The molecule has 1 heterocycles. The molecular weight excluding hydrogens is 320 g/mol. The Bertz CT molecular complexity index is 886. The van der Waals surface area contributed by atoms with Gasteiger partial charge in [-0.15, -0.1) is 0 Å². The highest BCUT2D eigenvalue weighted by Gasteiger charge is 2.20. The average Bonchev–Trinajstić information content (AvgIpc) is 3.00. The average molecular weight is 344 g/mol. The van der Waals surface area contributed by atoms with Crippen molar-refractivity contribution in [1.29, 1.82) is 0 Å². The van der Waals surface area contributed by atoms with Gasteiger partial charge in [0.05, 0.1) is 37.7 Å². The summed E-state index contributed by atoms with van der Waals surface area (Å²) in [4.78, 5) is 5.52. The second kappa shape index (κ2) is 7.11. The van der Waals surface area contributed by atoms with Gasteiger partial charge >= 0.3 is 0 Å². The number of likely N-dealkylation sites (N-methyl/N-ethyl adjacent to an activating group) is 1. The maximum atomic E-state index is 5.98. The lowest BCUT2D eigenvalue weighted by Crippen LogP contribution is -2.19. The lowest BCUT2D eigenvalue weighted by molar-refractivity contribution is 0.263. The van der Waals surface area contributed by atoms with Gasteiger partial charge in [0.15, 0.2) is 11.5 Å². The lowest BCUT2D eigenvalue weighted by atomic mass is 10.1. The third-order valence-corrected chi connectivity index (χ3v) is 4.20. The first-order chi connectivity index (χ1) is 12.1. The smallest absolute Gasteiger partial charge is 0.185 e. The summed E-state index contributed by atoms with van der Waals surface area (Å²) in [5.74, 6) is 2.80. The van der Waals surface area contributed by atoms with Crippen LogP contribution in [0.1, 0.15) is 0 Å². The fourth-order valence-corrected chi connectivity index (χ4v) is 2.97. The molecule has 3 aromatic rings. The molecule has 0 spiro atoms. The summed E-state index contributed by atoms with van der Waals surface area (Å²) in [6, 6.07) is 7.83. The first-order valence-electron chi connectivity index (χ1n) is 8.11. The molecule has 6 nitrogen and oxygen atoms in total. The van der Waals surface area contributed by atoms with Crippen LogP contribution in [-0.2, 0) is 0 Å². The lowest BCUT2D eigenvalue weighted by Gasteiger charge is -2.11. The molecule has 0 bridgehead atoms. The molecule has 0 saturated heterocycles. The molecule has 2 aromatic carbocycles. The summed E-state index contributed by atoms with van der Waals surface area (Å²) in [6.07, 6.45) is 0. The maximum Gasteiger partial charge on any atom is 0.185 e. The van der Waals surface area contributed by atoms with E-state index in [2.05, 4.69) is 9.88 Å². The van der Waals surface area contributed by atoms with Gasteiger partial charge in [0.25, 0.3) is 0 Å². The van der Waals surface area contributed by atoms with Crippen LogP contribution in [0, 0.1) is 0 Å². The highest BCUT2D eigenvalue weighted by Crippen LogP contribution is 2.45. The van der Waals surface area contributed by atoms with Crippen LogP contribution in [0.5, 0.6) is 23.0 Å². The van der Waals surface area contributed by atoms with Crippen molar-refractivity contribution in [2.75, 3.05) is 48.6 Å². The topological polar surface area (TPSA) is 56.0 Å². The van der Waals surface area contributed by atoms with E-state index in [0.29, 0.717) is 18.1 Å². The summed E-state index contributed by atoms with van der Waals surface area (Å²) in [7, 11) is 8.94. The molecule has 0 aliphatic carbocycles. The number of hydrogen-bond donors (Lipinski definition) is 1. The molecule has 0 saturated carbocycles. The Hall–Kier alpha value is -2.60. The molecule has 0 atom stereocenters. The quantitative estimate of drug-likeness (QED) is 0.713. The van der Waals surface area contributed by atoms with E-state index in [1.165, 1.54) is 0 Å². The molecule has 134 valence electrons. The van der Waals surface area contributed by atoms with Crippen molar-refractivity contribution in [3.8, 4) is 23.0 Å². The van der Waals surface area contributed by atoms with E-state index in [1.54, 1.807) is 21.3 Å². The van der Waals surface area contributed by atoms with Crippen LogP contribution in [0.2, 0.25) is 0 Å². The number of aromatic nitrogens is 1. The highest BCUT2D eigenvalue weighted by atomic mass is 16.5. The Morgan fingerprint density at radius 3 is 2.32 bits per heavy atom. The number of fused-ring (bicyclic) bond motifs is 3. The fourth-order valence-electron chi connectivity index (χ4n) is 2.97. The van der Waals surface area contributed by atoms with Crippen LogP contribution >= 0.6 is 0 Å². The molecule has 25 heavy (non-hydrogen) atoms. The van der Waals surface area contributed by atoms with E-state index in [-0.39, 0.29) is 0 Å². The summed E-state index contributed by atoms with van der Waals surface area (Å²) in [6.45, 7) is 1.45. The molecule has 0 fully saturated rings. The zero-order valence-electron chi connectivity index (χ0n) is 15.3. The zero-order chi connectivity index (χ0) is 18.0. The number of nitrogens with zero attached hydrogens (tertiary/aromatic N) is 1. The van der Waals surface area contributed by atoms with Gasteiger partial charge in [0.1, 0.15) is 18.1 Å². The van der Waals surface area contributed by atoms with Gasteiger partial charge in [0, 0.05) is 18.0 Å². The van der Waals surface area contributed by atoms with E-state index in [4.69, 9.17) is 18.9 Å². The minimum atomic E-state index is 0.610. The van der Waals surface area contributed by atoms with E-state index in [0.717, 1.165) is 39.8 Å². The predicted octanol–water partition coefficient (Wildman–Crippen LogP) is 3.29. The second-order valence-corrected chi connectivity index (χ2v) is 6.02. The van der Waals surface area contributed by atoms with Crippen LogP contribution in [0.4, 0.5) is 0 Å². The number of ether oxygens (including phenoxy) is 4. The minimum absolute atomic E-state index is 0.610. The number of hydrogen-bond acceptors (Lipinski definition) is 5. The van der Waals surface area contributed by atoms with Crippen LogP contribution in [0.3, 0.4) is 0 Å². The number of benzene rings is 2. The van der Waals surface area contributed by atoms with Crippen molar-refractivity contribution < 1.29 is 18.9 Å². The normalized spacial score (nSPS) is 11.3. The first-order valence-corrected chi connectivity index (χ1v) is 8.11. The first kappa shape index (κ1) is 17.2. The Morgan fingerprint density at radius 2 is 1.68 bits per heavy atom. The SMILES string of the molecule is COc1cc(OC)c2c([nH]c3c(OCCN(C)C)cccc32)c1OC. The number of H-pyrrole nitrogens is 1. The van der Waals surface area contributed by atoms with E-state index < -0.39 is 0 Å². The van der Waals surface area contributed by atoms with Crippen molar-refractivity contribution in [3.05, 3.63) is 24.3 Å². The van der Waals surface area contributed by atoms with Gasteiger partial charge in [0.2, 0.25) is 0 Å². The summed E-state index contributed by atoms with van der Waals surface area (Å²) in [5.41, 5.74) is 1.75. The van der Waals surface area contributed by atoms with Gasteiger partial charge < -0.3 is 28.8 Å². The van der Waals surface area contributed by atoms with Crippen LogP contribution in [-0.4, -0.2) is 58.5 Å². The Labute approximate surface area is 147 Å². The number of methoxy groups -OCH3 is 3. The van der Waals surface area contributed by atoms with Crippen molar-refractivity contribution in [2.24, 2.45) is 0 Å². The van der Waals surface area contributed by atoms with Crippen molar-refractivity contribution in [2.45, 2.75) is 0 Å². The third kappa shape index (κ3) is 3.05. The number of aromatic amines is 1.